The van der Waals surface area contributed by atoms with Crippen LogP contribution >= 0.6 is 22.7 Å². The molecular formula is C20H22N2OS2. The van der Waals surface area contributed by atoms with Crippen LogP contribution in [0, 0.1) is 0 Å². The van der Waals surface area contributed by atoms with E-state index in [1.54, 1.807) is 22.7 Å². The van der Waals surface area contributed by atoms with Crippen LogP contribution < -0.4 is 5.32 Å². The van der Waals surface area contributed by atoms with Crippen molar-refractivity contribution in [2.45, 2.75) is 19.4 Å². The second-order valence-electron chi connectivity index (χ2n) is 5.84. The molecule has 0 fully saturated rings. The molecule has 3 aromatic rings. The SMILES string of the molecule is CC(Cc1ccccc1)NCCON=C(c1ccsc1)c1ccsc1. The van der Waals surface area contributed by atoms with Gasteiger partial charge in [0.1, 0.15) is 12.3 Å². The van der Waals surface area contributed by atoms with E-state index in [1.807, 2.05) is 6.07 Å². The number of nitrogens with one attached hydrogen (secondary N) is 1. The highest BCUT2D eigenvalue weighted by Gasteiger charge is 2.09. The van der Waals surface area contributed by atoms with E-state index < -0.39 is 0 Å². The van der Waals surface area contributed by atoms with Gasteiger partial charge in [-0.3, -0.25) is 0 Å². The molecule has 0 aliphatic carbocycles. The monoisotopic (exact) mass is 370 g/mol. The molecule has 0 aliphatic rings. The number of nitrogens with zero attached hydrogens (tertiary/aromatic N) is 1. The zero-order valence-corrected chi connectivity index (χ0v) is 15.9. The summed E-state index contributed by atoms with van der Waals surface area (Å²) in [5, 5.41) is 16.2. The summed E-state index contributed by atoms with van der Waals surface area (Å²) < 4.78 is 0. The molecule has 130 valence electrons. The quantitative estimate of drug-likeness (QED) is 0.333. The Bertz CT molecular complexity index is 716. The largest absolute Gasteiger partial charge is 0.394 e. The van der Waals surface area contributed by atoms with Crippen molar-refractivity contribution in [3.8, 4) is 0 Å². The number of hydrogen-bond donors (Lipinski definition) is 1. The second-order valence-corrected chi connectivity index (χ2v) is 7.40. The molecule has 3 rings (SSSR count). The van der Waals surface area contributed by atoms with Crippen molar-refractivity contribution in [3.05, 3.63) is 80.7 Å². The highest BCUT2D eigenvalue weighted by atomic mass is 32.1. The van der Waals surface area contributed by atoms with Crippen molar-refractivity contribution in [3.63, 3.8) is 0 Å². The van der Waals surface area contributed by atoms with Gasteiger partial charge in [-0.15, -0.1) is 0 Å². The molecule has 5 heteroatoms. The van der Waals surface area contributed by atoms with Crippen LogP contribution in [-0.4, -0.2) is 24.9 Å². The Labute approximate surface area is 157 Å². The molecule has 1 aromatic carbocycles. The van der Waals surface area contributed by atoms with Gasteiger partial charge in [0.2, 0.25) is 0 Å². The van der Waals surface area contributed by atoms with E-state index >= 15 is 0 Å². The van der Waals surface area contributed by atoms with Gasteiger partial charge in [-0.2, -0.15) is 22.7 Å². The van der Waals surface area contributed by atoms with E-state index in [9.17, 15) is 0 Å². The summed E-state index contributed by atoms with van der Waals surface area (Å²) in [5.41, 5.74) is 4.46. The minimum Gasteiger partial charge on any atom is -0.394 e. The van der Waals surface area contributed by atoms with Gasteiger partial charge in [-0.05, 0) is 41.8 Å². The number of hydrogen-bond acceptors (Lipinski definition) is 5. The molecule has 3 nitrogen and oxygen atoms in total. The van der Waals surface area contributed by atoms with Crippen molar-refractivity contribution in [1.29, 1.82) is 0 Å². The van der Waals surface area contributed by atoms with Crippen LogP contribution in [0.4, 0.5) is 0 Å². The van der Waals surface area contributed by atoms with E-state index in [2.05, 4.69) is 75.3 Å². The summed E-state index contributed by atoms with van der Waals surface area (Å²) in [4.78, 5) is 5.58. The molecule has 0 bridgehead atoms. The molecule has 0 spiro atoms. The first-order valence-electron chi connectivity index (χ1n) is 8.35. The third-order valence-corrected chi connectivity index (χ3v) is 5.18. The molecule has 0 saturated heterocycles. The fourth-order valence-electron chi connectivity index (χ4n) is 2.57. The van der Waals surface area contributed by atoms with Crippen molar-refractivity contribution in [2.24, 2.45) is 5.16 Å². The molecule has 25 heavy (non-hydrogen) atoms. The summed E-state index contributed by atoms with van der Waals surface area (Å²) >= 11 is 3.34. The van der Waals surface area contributed by atoms with Gasteiger partial charge in [0.25, 0.3) is 0 Å². The van der Waals surface area contributed by atoms with Crippen LogP contribution in [0.3, 0.4) is 0 Å². The number of rotatable bonds is 9. The van der Waals surface area contributed by atoms with Gasteiger partial charge in [-0.25, -0.2) is 0 Å². The van der Waals surface area contributed by atoms with Crippen molar-refractivity contribution in [1.82, 2.24) is 5.32 Å². The van der Waals surface area contributed by atoms with Crippen LogP contribution in [0.25, 0.3) is 0 Å². The Morgan fingerprint density at radius 2 is 1.72 bits per heavy atom. The zero-order valence-electron chi connectivity index (χ0n) is 14.2. The van der Waals surface area contributed by atoms with Gasteiger partial charge in [0.15, 0.2) is 0 Å². The lowest BCUT2D eigenvalue weighted by atomic mass is 10.1. The molecular weight excluding hydrogens is 348 g/mol. The van der Waals surface area contributed by atoms with Crippen LogP contribution in [0.15, 0.2) is 69.1 Å². The summed E-state index contributed by atoms with van der Waals surface area (Å²) in [5.74, 6) is 0. The van der Waals surface area contributed by atoms with E-state index in [-0.39, 0.29) is 0 Å². The zero-order chi connectivity index (χ0) is 17.3. The lowest BCUT2D eigenvalue weighted by Crippen LogP contribution is -2.30. The maximum atomic E-state index is 5.58. The highest BCUT2D eigenvalue weighted by Crippen LogP contribution is 2.16. The first-order valence-corrected chi connectivity index (χ1v) is 10.2. The van der Waals surface area contributed by atoms with Gasteiger partial charge < -0.3 is 10.2 Å². The lowest BCUT2D eigenvalue weighted by Gasteiger charge is -2.13. The Morgan fingerprint density at radius 3 is 2.32 bits per heavy atom. The number of thiophene rings is 2. The topological polar surface area (TPSA) is 33.6 Å². The Kier molecular flexibility index (Phi) is 6.79. The molecule has 0 amide bonds. The molecule has 1 N–H and O–H groups in total. The van der Waals surface area contributed by atoms with Crippen LogP contribution in [-0.2, 0) is 11.3 Å². The molecule has 0 radical (unpaired) electrons. The average Bonchev–Trinajstić information content (AvgIpc) is 3.33. The van der Waals surface area contributed by atoms with Gasteiger partial charge >= 0.3 is 0 Å². The van der Waals surface area contributed by atoms with Crippen molar-refractivity contribution < 1.29 is 4.84 Å². The Hall–Kier alpha value is -1.95. The van der Waals surface area contributed by atoms with Crippen LogP contribution in [0.2, 0.25) is 0 Å². The second kappa shape index (κ2) is 9.51. The van der Waals surface area contributed by atoms with Crippen LogP contribution in [0.1, 0.15) is 23.6 Å². The Morgan fingerprint density at radius 1 is 1.04 bits per heavy atom. The standard InChI is InChI=1S/C20H22N2OS2/c1-16(13-17-5-3-2-4-6-17)21-9-10-23-22-20(18-7-11-24-14-18)19-8-12-25-15-19/h2-8,11-12,14-16,21H,9-10,13H2,1H3. The molecule has 0 saturated carbocycles. The van der Waals surface area contributed by atoms with Crippen molar-refractivity contribution >= 4 is 28.4 Å². The normalized spacial score (nSPS) is 11.9. The lowest BCUT2D eigenvalue weighted by molar-refractivity contribution is 0.144. The Balaban J connectivity index is 1.47. The fourth-order valence-corrected chi connectivity index (χ4v) is 3.85. The maximum absolute atomic E-state index is 5.58. The maximum Gasteiger partial charge on any atom is 0.129 e. The third kappa shape index (κ3) is 5.53. The predicted octanol–water partition coefficient (Wildman–Crippen LogP) is 4.80. The number of benzene rings is 1. The molecule has 2 heterocycles. The van der Waals surface area contributed by atoms with Gasteiger partial charge in [-0.1, -0.05) is 35.5 Å². The van der Waals surface area contributed by atoms with Crippen molar-refractivity contribution in [2.75, 3.05) is 13.2 Å². The minimum absolute atomic E-state index is 0.406. The molecule has 0 aliphatic heterocycles. The number of oxime groups is 1. The highest BCUT2D eigenvalue weighted by molar-refractivity contribution is 7.08. The predicted molar refractivity (Wildman–Crippen MR) is 108 cm³/mol. The molecule has 2 aromatic heterocycles. The summed E-state index contributed by atoms with van der Waals surface area (Å²) in [6.45, 7) is 3.52. The first-order chi connectivity index (χ1) is 12.3. The molecule has 1 unspecified atom stereocenters. The van der Waals surface area contributed by atoms with Gasteiger partial charge in [0, 0.05) is 34.5 Å². The van der Waals surface area contributed by atoms with Gasteiger partial charge in [0.05, 0.1) is 0 Å². The van der Waals surface area contributed by atoms with E-state index in [1.165, 1.54) is 5.56 Å². The molecule has 1 atom stereocenters. The first kappa shape index (κ1) is 17.9. The summed E-state index contributed by atoms with van der Waals surface area (Å²) in [6.07, 6.45) is 1.01. The summed E-state index contributed by atoms with van der Waals surface area (Å²) in [6, 6.07) is 15.1. The van der Waals surface area contributed by atoms with E-state index in [0.29, 0.717) is 12.6 Å². The van der Waals surface area contributed by atoms with Crippen LogP contribution in [0.5, 0.6) is 0 Å². The minimum atomic E-state index is 0.406. The average molecular weight is 371 g/mol. The smallest absolute Gasteiger partial charge is 0.129 e. The summed E-state index contributed by atoms with van der Waals surface area (Å²) in [7, 11) is 0. The fraction of sp³-hybridized carbons (Fsp3) is 0.250. The third-order valence-electron chi connectivity index (χ3n) is 3.82. The van der Waals surface area contributed by atoms with E-state index in [0.717, 1.165) is 29.8 Å². The van der Waals surface area contributed by atoms with E-state index in [4.69, 9.17) is 4.84 Å².